The first-order valence-corrected chi connectivity index (χ1v) is 21.2. The monoisotopic (exact) mass is 769 g/mol. The van der Waals surface area contributed by atoms with Crippen LogP contribution in [0.15, 0.2) is 200 Å². The molecule has 0 saturated heterocycles. The van der Waals surface area contributed by atoms with E-state index in [1.807, 2.05) is 12.1 Å². The minimum atomic E-state index is 0.139. The smallest absolute Gasteiger partial charge is 0.164 e. The van der Waals surface area contributed by atoms with Crippen LogP contribution in [0.25, 0.3) is 89.8 Å². The summed E-state index contributed by atoms with van der Waals surface area (Å²) in [6.45, 7) is 0. The SMILES string of the molecule is c1ccc(-c2ccc(-c3nc(-c4ccc(-c5ccccc5)cc4)nc(-c4ccc(-c5cccc(-c6ccc7c(c6)C6(CCCCC6)c6ccccc6-7)c5)cc4)n3)cc2)cc1. The molecule has 0 bridgehead atoms. The number of rotatable bonds is 7. The van der Waals surface area contributed by atoms with E-state index in [9.17, 15) is 0 Å². The van der Waals surface area contributed by atoms with E-state index >= 15 is 0 Å². The van der Waals surface area contributed by atoms with Gasteiger partial charge in [-0.25, -0.2) is 15.0 Å². The van der Waals surface area contributed by atoms with Crippen molar-refractivity contribution in [2.75, 3.05) is 0 Å². The first kappa shape index (κ1) is 35.9. The molecule has 0 N–H and O–H groups in total. The molecule has 3 nitrogen and oxygen atoms in total. The van der Waals surface area contributed by atoms with E-state index in [1.54, 1.807) is 0 Å². The van der Waals surface area contributed by atoms with Crippen LogP contribution in [0.2, 0.25) is 0 Å². The van der Waals surface area contributed by atoms with Crippen molar-refractivity contribution < 1.29 is 0 Å². The third-order valence-electron chi connectivity index (χ3n) is 12.8. The van der Waals surface area contributed by atoms with Crippen molar-refractivity contribution in [2.45, 2.75) is 37.5 Å². The Balaban J connectivity index is 0.926. The second-order valence-corrected chi connectivity index (χ2v) is 16.3. The van der Waals surface area contributed by atoms with Crippen LogP contribution in [0.4, 0.5) is 0 Å². The van der Waals surface area contributed by atoms with Gasteiger partial charge in [0.2, 0.25) is 0 Å². The van der Waals surface area contributed by atoms with Crippen LogP contribution in [0.1, 0.15) is 43.2 Å². The molecule has 8 aromatic carbocycles. The number of benzene rings is 8. The molecule has 286 valence electrons. The van der Waals surface area contributed by atoms with Crippen molar-refractivity contribution in [1.29, 1.82) is 0 Å². The summed E-state index contributed by atoms with van der Waals surface area (Å²) >= 11 is 0. The molecule has 0 atom stereocenters. The van der Waals surface area contributed by atoms with E-state index in [4.69, 9.17) is 15.0 Å². The molecular formula is C57H43N3. The fraction of sp³-hybridized carbons (Fsp3) is 0.105. The van der Waals surface area contributed by atoms with Crippen LogP contribution in [0.5, 0.6) is 0 Å². The van der Waals surface area contributed by atoms with E-state index in [0.717, 1.165) is 33.4 Å². The van der Waals surface area contributed by atoms with Gasteiger partial charge in [0.15, 0.2) is 17.5 Å². The van der Waals surface area contributed by atoms with Gasteiger partial charge < -0.3 is 0 Å². The molecule has 0 radical (unpaired) electrons. The van der Waals surface area contributed by atoms with Crippen molar-refractivity contribution in [1.82, 2.24) is 15.0 Å². The minimum absolute atomic E-state index is 0.139. The molecule has 2 aliphatic rings. The normalized spacial score (nSPS) is 13.8. The van der Waals surface area contributed by atoms with E-state index in [0.29, 0.717) is 17.5 Å². The second kappa shape index (κ2) is 15.2. The third kappa shape index (κ3) is 6.53. The summed E-state index contributed by atoms with van der Waals surface area (Å²) in [4.78, 5) is 15.2. The van der Waals surface area contributed by atoms with Crippen LogP contribution in [-0.2, 0) is 5.41 Å². The number of aromatic nitrogens is 3. The van der Waals surface area contributed by atoms with Crippen molar-refractivity contribution >= 4 is 0 Å². The summed E-state index contributed by atoms with van der Waals surface area (Å²) in [6.07, 6.45) is 6.39. The standard InChI is InChI=1S/C57H43N3/c1-4-13-39(14-5-1)41-21-27-44(28-22-41)54-58-55(45-29-23-42(24-30-45)40-15-6-2-7-16-40)60-56(59-54)46-31-25-43(26-32-46)47-17-12-18-48(37-47)49-33-34-51-50-19-8-9-20-52(50)57(53(51)38-49)35-10-3-11-36-57/h1-2,4-9,12-34,37-38H,3,10-11,35-36H2. The Bertz CT molecular complexity index is 2860. The lowest BCUT2D eigenvalue weighted by Gasteiger charge is -2.36. The highest BCUT2D eigenvalue weighted by atomic mass is 15.0. The topological polar surface area (TPSA) is 38.7 Å². The van der Waals surface area contributed by atoms with E-state index in [1.165, 1.54) is 82.2 Å². The number of hydrogen-bond donors (Lipinski definition) is 0. The van der Waals surface area contributed by atoms with Crippen molar-refractivity contribution in [3.63, 3.8) is 0 Å². The van der Waals surface area contributed by atoms with Crippen molar-refractivity contribution in [3.05, 3.63) is 211 Å². The molecule has 0 aliphatic heterocycles. The fourth-order valence-corrected chi connectivity index (χ4v) is 9.67. The van der Waals surface area contributed by atoms with Gasteiger partial charge in [0.05, 0.1) is 0 Å². The Hall–Kier alpha value is -7.23. The number of nitrogens with zero attached hydrogens (tertiary/aromatic N) is 3. The Morgan fingerprint density at radius 3 is 1.17 bits per heavy atom. The van der Waals surface area contributed by atoms with Gasteiger partial charge in [-0.3, -0.25) is 0 Å². The predicted molar refractivity (Wildman–Crippen MR) is 247 cm³/mol. The molecule has 60 heavy (non-hydrogen) atoms. The van der Waals surface area contributed by atoms with Crippen LogP contribution >= 0.6 is 0 Å². The molecule has 11 rings (SSSR count). The van der Waals surface area contributed by atoms with Crippen LogP contribution in [0.3, 0.4) is 0 Å². The highest BCUT2D eigenvalue weighted by Gasteiger charge is 2.43. The lowest BCUT2D eigenvalue weighted by Crippen LogP contribution is -2.28. The number of fused-ring (bicyclic) bond motifs is 5. The lowest BCUT2D eigenvalue weighted by molar-refractivity contribution is 0.353. The number of hydrogen-bond acceptors (Lipinski definition) is 3. The van der Waals surface area contributed by atoms with Gasteiger partial charge >= 0.3 is 0 Å². The molecule has 0 unspecified atom stereocenters. The maximum atomic E-state index is 5.08. The van der Waals surface area contributed by atoms with Gasteiger partial charge in [-0.2, -0.15) is 0 Å². The Kier molecular flexibility index (Phi) is 9.08. The van der Waals surface area contributed by atoms with E-state index in [-0.39, 0.29) is 5.41 Å². The van der Waals surface area contributed by atoms with Gasteiger partial charge in [-0.1, -0.05) is 207 Å². The van der Waals surface area contributed by atoms with Crippen molar-refractivity contribution in [2.24, 2.45) is 0 Å². The minimum Gasteiger partial charge on any atom is -0.208 e. The third-order valence-corrected chi connectivity index (χ3v) is 12.8. The predicted octanol–water partition coefficient (Wildman–Crippen LogP) is 14.8. The molecule has 9 aromatic rings. The summed E-state index contributed by atoms with van der Waals surface area (Å²) in [6, 6.07) is 71.8. The molecule has 1 aromatic heterocycles. The maximum absolute atomic E-state index is 5.08. The highest BCUT2D eigenvalue weighted by molar-refractivity contribution is 5.85. The molecule has 1 spiro atoms. The van der Waals surface area contributed by atoms with Crippen LogP contribution in [-0.4, -0.2) is 15.0 Å². The largest absolute Gasteiger partial charge is 0.208 e. The average molecular weight is 770 g/mol. The maximum Gasteiger partial charge on any atom is 0.164 e. The van der Waals surface area contributed by atoms with Crippen molar-refractivity contribution in [3.8, 4) is 89.8 Å². The van der Waals surface area contributed by atoms with Gasteiger partial charge in [0.25, 0.3) is 0 Å². The molecule has 1 heterocycles. The van der Waals surface area contributed by atoms with Crippen LogP contribution in [0, 0.1) is 0 Å². The molecular weight excluding hydrogens is 727 g/mol. The quantitative estimate of drug-likeness (QED) is 0.162. The zero-order valence-electron chi connectivity index (χ0n) is 33.4. The Morgan fingerprint density at radius 2 is 0.633 bits per heavy atom. The van der Waals surface area contributed by atoms with E-state index in [2.05, 4.69) is 188 Å². The van der Waals surface area contributed by atoms with Gasteiger partial charge in [0, 0.05) is 22.1 Å². The molecule has 0 amide bonds. The summed E-state index contributed by atoms with van der Waals surface area (Å²) in [7, 11) is 0. The lowest BCUT2D eigenvalue weighted by atomic mass is 9.67. The fourth-order valence-electron chi connectivity index (χ4n) is 9.67. The average Bonchev–Trinajstić information content (AvgIpc) is 3.60. The summed E-state index contributed by atoms with van der Waals surface area (Å²) < 4.78 is 0. The molecule has 1 saturated carbocycles. The van der Waals surface area contributed by atoms with Gasteiger partial charge in [-0.15, -0.1) is 0 Å². The first-order chi connectivity index (χ1) is 29.7. The second-order valence-electron chi connectivity index (χ2n) is 16.3. The van der Waals surface area contributed by atoms with Gasteiger partial charge in [-0.05, 0) is 91.7 Å². The van der Waals surface area contributed by atoms with Crippen LogP contribution < -0.4 is 0 Å². The van der Waals surface area contributed by atoms with E-state index < -0.39 is 0 Å². The zero-order chi connectivity index (χ0) is 39.9. The zero-order valence-corrected chi connectivity index (χ0v) is 33.4. The molecule has 1 fully saturated rings. The Morgan fingerprint density at radius 1 is 0.267 bits per heavy atom. The Labute approximate surface area is 352 Å². The first-order valence-electron chi connectivity index (χ1n) is 21.2. The highest BCUT2D eigenvalue weighted by Crippen LogP contribution is 2.56. The summed E-state index contributed by atoms with van der Waals surface area (Å²) in [5.74, 6) is 1.93. The molecule has 3 heteroatoms. The van der Waals surface area contributed by atoms with Gasteiger partial charge in [0.1, 0.15) is 0 Å². The molecule has 2 aliphatic carbocycles. The summed E-state index contributed by atoms with van der Waals surface area (Å²) in [5, 5.41) is 0. The summed E-state index contributed by atoms with van der Waals surface area (Å²) in [5.41, 5.74) is 18.4.